The molecule has 0 unspecified atom stereocenters. The van der Waals surface area contributed by atoms with Gasteiger partial charge < -0.3 is 4.79 Å². The van der Waals surface area contributed by atoms with Gasteiger partial charge in [-0.3, -0.25) is 0 Å². The standard InChI is InChI=1S/C5H10FNO/c1-5(8)3-2-4-7-6/h7H,2-4H2,1H3. The van der Waals surface area contributed by atoms with Crippen LogP contribution in [0.25, 0.3) is 0 Å². The molecule has 3 heteroatoms. The molecule has 0 spiro atoms. The molecule has 0 fully saturated rings. The maximum Gasteiger partial charge on any atom is 0.129 e. The Kier molecular flexibility index (Phi) is 4.45. The first-order valence-electron chi connectivity index (χ1n) is 2.60. The molecule has 0 aromatic heterocycles. The summed E-state index contributed by atoms with van der Waals surface area (Å²) >= 11 is 0. The van der Waals surface area contributed by atoms with Crippen LogP contribution in [0.1, 0.15) is 19.8 Å². The van der Waals surface area contributed by atoms with Crippen LogP contribution in [0.4, 0.5) is 4.48 Å². The van der Waals surface area contributed by atoms with Gasteiger partial charge in [0.1, 0.15) is 5.78 Å². The Morgan fingerprint density at radius 3 is 2.75 bits per heavy atom. The minimum Gasteiger partial charge on any atom is -0.300 e. The van der Waals surface area contributed by atoms with E-state index >= 15 is 0 Å². The molecule has 48 valence electrons. The van der Waals surface area contributed by atoms with Crippen molar-refractivity contribution in [2.45, 2.75) is 19.8 Å². The van der Waals surface area contributed by atoms with Crippen LogP contribution in [0.3, 0.4) is 0 Å². The first kappa shape index (κ1) is 7.56. The average Bonchev–Trinajstić information content (AvgIpc) is 1.66. The molecule has 0 aromatic carbocycles. The SMILES string of the molecule is CC(=O)CCCNF. The second kappa shape index (κ2) is 4.71. The molecular weight excluding hydrogens is 109 g/mol. The van der Waals surface area contributed by atoms with Crippen LogP contribution in [0.5, 0.6) is 0 Å². The summed E-state index contributed by atoms with van der Waals surface area (Å²) in [6.07, 6.45) is 1.06. The molecule has 0 aliphatic rings. The topological polar surface area (TPSA) is 29.1 Å². The highest BCUT2D eigenvalue weighted by molar-refractivity contribution is 5.75. The number of halogens is 1. The minimum absolute atomic E-state index is 0.111. The van der Waals surface area contributed by atoms with Crippen molar-refractivity contribution in [3.8, 4) is 0 Å². The highest BCUT2D eigenvalue weighted by Crippen LogP contribution is 1.86. The second-order valence-corrected chi connectivity index (χ2v) is 1.69. The third kappa shape index (κ3) is 5.56. The highest BCUT2D eigenvalue weighted by Gasteiger charge is 1.90. The first-order chi connectivity index (χ1) is 3.77. The first-order valence-corrected chi connectivity index (χ1v) is 2.60. The highest BCUT2D eigenvalue weighted by atomic mass is 19.2. The Bertz CT molecular complexity index is 74.8. The summed E-state index contributed by atoms with van der Waals surface area (Å²) in [5.74, 6) is 0.111. The zero-order chi connectivity index (χ0) is 6.41. The summed E-state index contributed by atoms with van der Waals surface area (Å²) < 4.78 is 11.1. The number of hydrogen-bond donors (Lipinski definition) is 1. The summed E-state index contributed by atoms with van der Waals surface area (Å²) in [5.41, 5.74) is 1.47. The van der Waals surface area contributed by atoms with Crippen LogP contribution >= 0.6 is 0 Å². The van der Waals surface area contributed by atoms with Gasteiger partial charge >= 0.3 is 0 Å². The van der Waals surface area contributed by atoms with Gasteiger partial charge in [0.15, 0.2) is 0 Å². The summed E-state index contributed by atoms with van der Waals surface area (Å²) in [7, 11) is 0. The lowest BCUT2D eigenvalue weighted by molar-refractivity contribution is -0.117. The molecule has 0 rings (SSSR count). The van der Waals surface area contributed by atoms with Crippen LogP contribution in [-0.2, 0) is 4.79 Å². The molecule has 0 amide bonds. The predicted octanol–water partition coefficient (Wildman–Crippen LogP) is 0.830. The van der Waals surface area contributed by atoms with Crippen molar-refractivity contribution >= 4 is 5.78 Å². The van der Waals surface area contributed by atoms with Gasteiger partial charge in [-0.05, 0) is 13.3 Å². The van der Waals surface area contributed by atoms with E-state index in [1.54, 1.807) is 0 Å². The zero-order valence-electron chi connectivity index (χ0n) is 4.91. The summed E-state index contributed by atoms with van der Waals surface area (Å²) in [4.78, 5) is 10.2. The second-order valence-electron chi connectivity index (χ2n) is 1.69. The van der Waals surface area contributed by atoms with Crippen LogP contribution in [0.2, 0.25) is 0 Å². The molecule has 0 aliphatic carbocycles. The van der Waals surface area contributed by atoms with E-state index < -0.39 is 0 Å². The molecule has 0 aliphatic heterocycles. The summed E-state index contributed by atoms with van der Waals surface area (Å²) in [6.45, 7) is 1.78. The lowest BCUT2D eigenvalue weighted by Gasteiger charge is -1.90. The van der Waals surface area contributed by atoms with Crippen molar-refractivity contribution in [2.75, 3.05) is 6.54 Å². The van der Waals surface area contributed by atoms with Crippen molar-refractivity contribution in [1.29, 1.82) is 0 Å². The quantitative estimate of drug-likeness (QED) is 0.438. The van der Waals surface area contributed by atoms with E-state index in [0.29, 0.717) is 12.8 Å². The van der Waals surface area contributed by atoms with Crippen molar-refractivity contribution < 1.29 is 9.28 Å². The zero-order valence-corrected chi connectivity index (χ0v) is 4.91. The Morgan fingerprint density at radius 2 is 2.38 bits per heavy atom. The third-order valence-electron chi connectivity index (χ3n) is 0.800. The molecule has 1 N–H and O–H groups in total. The largest absolute Gasteiger partial charge is 0.300 e. The average molecular weight is 119 g/mol. The molecule has 0 atom stereocenters. The van der Waals surface area contributed by atoms with Gasteiger partial charge in [-0.2, -0.15) is 5.54 Å². The molecule has 0 heterocycles. The van der Waals surface area contributed by atoms with E-state index in [0.717, 1.165) is 0 Å². The summed E-state index contributed by atoms with van der Waals surface area (Å²) in [5, 5.41) is 0. The van der Waals surface area contributed by atoms with E-state index in [9.17, 15) is 9.28 Å². The van der Waals surface area contributed by atoms with Crippen LogP contribution in [0, 0.1) is 0 Å². The Balaban J connectivity index is 2.82. The normalized spacial score (nSPS) is 9.25. The molecule has 0 aromatic rings. The fraction of sp³-hybridized carbons (Fsp3) is 0.800. The number of rotatable bonds is 4. The van der Waals surface area contributed by atoms with Gasteiger partial charge in [-0.25, -0.2) is 0 Å². The fourth-order valence-electron chi connectivity index (χ4n) is 0.404. The molecule has 0 saturated heterocycles. The maximum absolute atomic E-state index is 11.1. The van der Waals surface area contributed by atoms with Gasteiger partial charge in [0, 0.05) is 13.0 Å². The van der Waals surface area contributed by atoms with Crippen molar-refractivity contribution in [2.24, 2.45) is 0 Å². The van der Waals surface area contributed by atoms with E-state index in [-0.39, 0.29) is 12.3 Å². The van der Waals surface area contributed by atoms with Crippen LogP contribution < -0.4 is 5.54 Å². The molecule has 0 bridgehead atoms. The van der Waals surface area contributed by atoms with Gasteiger partial charge in [0.25, 0.3) is 0 Å². The van der Waals surface area contributed by atoms with E-state index in [4.69, 9.17) is 0 Å². The number of hydrogen-bond acceptors (Lipinski definition) is 2. The smallest absolute Gasteiger partial charge is 0.129 e. The number of carbonyl (C=O) groups is 1. The third-order valence-corrected chi connectivity index (χ3v) is 0.800. The summed E-state index contributed by atoms with van der Waals surface area (Å²) in [6, 6.07) is 0. The van der Waals surface area contributed by atoms with E-state index in [2.05, 4.69) is 0 Å². The molecular formula is C5H10FNO. The molecule has 0 radical (unpaired) electrons. The van der Waals surface area contributed by atoms with Crippen molar-refractivity contribution in [3.63, 3.8) is 0 Å². The van der Waals surface area contributed by atoms with E-state index in [1.807, 2.05) is 0 Å². The maximum atomic E-state index is 11.1. The number of carbonyl (C=O) groups excluding carboxylic acids is 1. The van der Waals surface area contributed by atoms with Gasteiger partial charge in [0.05, 0.1) is 0 Å². The molecule has 8 heavy (non-hydrogen) atoms. The monoisotopic (exact) mass is 119 g/mol. The number of Topliss-reactive ketones (excluding diaryl/α,β-unsaturated/α-hetero) is 1. The Labute approximate surface area is 48.0 Å². The number of ketones is 1. The van der Waals surface area contributed by atoms with Crippen molar-refractivity contribution in [1.82, 2.24) is 5.54 Å². The van der Waals surface area contributed by atoms with Gasteiger partial charge in [-0.1, -0.05) is 0 Å². The lowest BCUT2D eigenvalue weighted by atomic mass is 10.2. The van der Waals surface area contributed by atoms with Gasteiger partial charge in [0.2, 0.25) is 0 Å². The predicted molar refractivity (Wildman–Crippen MR) is 29.0 cm³/mol. The Hall–Kier alpha value is -0.440. The fourth-order valence-corrected chi connectivity index (χ4v) is 0.404. The van der Waals surface area contributed by atoms with Crippen LogP contribution in [-0.4, -0.2) is 12.3 Å². The molecule has 2 nitrogen and oxygen atoms in total. The number of nitrogens with one attached hydrogen (secondary N) is 1. The van der Waals surface area contributed by atoms with Crippen LogP contribution in [0.15, 0.2) is 0 Å². The van der Waals surface area contributed by atoms with Gasteiger partial charge in [-0.15, -0.1) is 4.48 Å². The Morgan fingerprint density at radius 1 is 1.75 bits per heavy atom. The van der Waals surface area contributed by atoms with Crippen molar-refractivity contribution in [3.05, 3.63) is 0 Å². The lowest BCUT2D eigenvalue weighted by Crippen LogP contribution is -2.03. The molecule has 0 saturated carbocycles. The van der Waals surface area contributed by atoms with E-state index in [1.165, 1.54) is 12.5 Å². The minimum atomic E-state index is 0.111.